The fourth-order valence-corrected chi connectivity index (χ4v) is 2.06. The Balaban J connectivity index is 3.27. The highest BCUT2D eigenvalue weighted by Crippen LogP contribution is 2.15. The van der Waals surface area contributed by atoms with Crippen molar-refractivity contribution in [1.29, 1.82) is 0 Å². The molecule has 0 aliphatic carbocycles. The summed E-state index contributed by atoms with van der Waals surface area (Å²) in [4.78, 5) is 11.2. The average Bonchev–Trinajstić information content (AvgIpc) is 2.28. The van der Waals surface area contributed by atoms with Crippen LogP contribution in [0.25, 0.3) is 0 Å². The number of unbranched alkanes of at least 4 members (excludes halogenated alkanes) is 6. The third-order valence-corrected chi connectivity index (χ3v) is 3.12. The summed E-state index contributed by atoms with van der Waals surface area (Å²) in [5.41, 5.74) is 0. The molecule has 0 fully saturated rings. The van der Waals surface area contributed by atoms with Crippen LogP contribution in [0.15, 0.2) is 0 Å². The lowest BCUT2D eigenvalue weighted by atomic mass is 9.99. The highest BCUT2D eigenvalue weighted by molar-refractivity contribution is 5.69. The van der Waals surface area contributed by atoms with E-state index in [-0.39, 0.29) is 5.97 Å². The van der Waals surface area contributed by atoms with Gasteiger partial charge in [-0.1, -0.05) is 65.2 Å². The minimum absolute atomic E-state index is 0.0389. The van der Waals surface area contributed by atoms with Crippen LogP contribution < -0.4 is 0 Å². The van der Waals surface area contributed by atoms with Crippen molar-refractivity contribution in [1.82, 2.24) is 0 Å². The van der Waals surface area contributed by atoms with Crippen molar-refractivity contribution in [3.8, 4) is 0 Å². The second-order valence-electron chi connectivity index (χ2n) is 5.02. The Morgan fingerprint density at radius 2 is 1.59 bits per heavy atom. The van der Waals surface area contributed by atoms with Crippen LogP contribution in [0.3, 0.4) is 0 Å². The van der Waals surface area contributed by atoms with Crippen LogP contribution in [0.5, 0.6) is 0 Å². The zero-order chi connectivity index (χ0) is 12.9. The molecule has 0 radical (unpaired) electrons. The van der Waals surface area contributed by atoms with Gasteiger partial charge in [-0.3, -0.25) is 4.79 Å². The van der Waals surface area contributed by atoms with E-state index in [0.29, 0.717) is 18.9 Å². The fraction of sp³-hybridized carbons (Fsp3) is 0.933. The number of carbonyl (C=O) groups is 1. The lowest BCUT2D eigenvalue weighted by Crippen LogP contribution is -2.09. The first-order chi connectivity index (χ1) is 8.20. The normalized spacial score (nSPS) is 12.4. The van der Waals surface area contributed by atoms with Gasteiger partial charge in [0, 0.05) is 6.42 Å². The van der Waals surface area contributed by atoms with Crippen LogP contribution >= 0.6 is 0 Å². The number of carbonyl (C=O) groups excluding carboxylic acids is 1. The molecule has 0 amide bonds. The summed E-state index contributed by atoms with van der Waals surface area (Å²) in [5.74, 6) is 0.438. The molecule has 0 saturated heterocycles. The first-order valence-electron chi connectivity index (χ1n) is 7.36. The molecular formula is C15H30O2. The Morgan fingerprint density at radius 3 is 2.18 bits per heavy atom. The molecule has 0 saturated carbocycles. The van der Waals surface area contributed by atoms with Crippen molar-refractivity contribution < 1.29 is 9.53 Å². The maximum absolute atomic E-state index is 11.2. The monoisotopic (exact) mass is 242 g/mol. The first kappa shape index (κ1) is 16.5. The molecule has 0 aromatic heterocycles. The van der Waals surface area contributed by atoms with E-state index in [1.807, 2.05) is 6.92 Å². The van der Waals surface area contributed by atoms with Crippen LogP contribution in [0.4, 0.5) is 0 Å². The number of hydrogen-bond donors (Lipinski definition) is 0. The zero-order valence-electron chi connectivity index (χ0n) is 12.0. The van der Waals surface area contributed by atoms with E-state index >= 15 is 0 Å². The van der Waals surface area contributed by atoms with Gasteiger partial charge in [0.15, 0.2) is 0 Å². The molecule has 0 aliphatic heterocycles. The number of ether oxygens (including phenoxy) is 1. The molecule has 0 heterocycles. The third kappa shape index (κ3) is 11.7. The Labute approximate surface area is 107 Å². The van der Waals surface area contributed by atoms with Gasteiger partial charge in [0.05, 0.1) is 6.61 Å². The summed E-state index contributed by atoms with van der Waals surface area (Å²) in [5, 5.41) is 0. The van der Waals surface area contributed by atoms with Gasteiger partial charge >= 0.3 is 5.97 Å². The lowest BCUT2D eigenvalue weighted by molar-refractivity contribution is -0.144. The van der Waals surface area contributed by atoms with Crippen molar-refractivity contribution in [2.45, 2.75) is 78.6 Å². The van der Waals surface area contributed by atoms with Crippen molar-refractivity contribution in [2.75, 3.05) is 6.61 Å². The van der Waals surface area contributed by atoms with Crippen LogP contribution in [0.2, 0.25) is 0 Å². The van der Waals surface area contributed by atoms with Gasteiger partial charge in [-0.25, -0.2) is 0 Å². The standard InChI is InChI=1S/C15H30O2/c1-4-6-7-8-9-10-11-12-14(3)13-15(16)17-5-2/h14H,4-13H2,1-3H3. The van der Waals surface area contributed by atoms with Crippen LogP contribution in [-0.4, -0.2) is 12.6 Å². The predicted octanol–water partition coefficient (Wildman–Crippen LogP) is 4.72. The molecule has 1 atom stereocenters. The third-order valence-electron chi connectivity index (χ3n) is 3.12. The summed E-state index contributed by atoms with van der Waals surface area (Å²) >= 11 is 0. The van der Waals surface area contributed by atoms with Gasteiger partial charge in [-0.05, 0) is 12.8 Å². The molecule has 0 N–H and O–H groups in total. The predicted molar refractivity (Wildman–Crippen MR) is 73.0 cm³/mol. The van der Waals surface area contributed by atoms with E-state index in [4.69, 9.17) is 4.74 Å². The van der Waals surface area contributed by atoms with Crippen LogP contribution in [0, 0.1) is 5.92 Å². The van der Waals surface area contributed by atoms with Crippen molar-refractivity contribution in [3.63, 3.8) is 0 Å². The molecule has 0 rings (SSSR count). The maximum atomic E-state index is 11.2. The first-order valence-corrected chi connectivity index (χ1v) is 7.36. The van der Waals surface area contributed by atoms with Gasteiger partial charge in [-0.15, -0.1) is 0 Å². The molecule has 0 aromatic carbocycles. The molecular weight excluding hydrogens is 212 g/mol. The molecule has 102 valence electrons. The Morgan fingerprint density at radius 1 is 1.00 bits per heavy atom. The van der Waals surface area contributed by atoms with Gasteiger partial charge < -0.3 is 4.74 Å². The number of rotatable bonds is 11. The largest absolute Gasteiger partial charge is 0.466 e. The van der Waals surface area contributed by atoms with E-state index in [9.17, 15) is 4.79 Å². The molecule has 0 bridgehead atoms. The van der Waals surface area contributed by atoms with Gasteiger partial charge in [0.1, 0.15) is 0 Å². The molecule has 0 spiro atoms. The Hall–Kier alpha value is -0.530. The van der Waals surface area contributed by atoms with Crippen molar-refractivity contribution in [3.05, 3.63) is 0 Å². The summed E-state index contributed by atoms with van der Waals surface area (Å²) < 4.78 is 4.95. The lowest BCUT2D eigenvalue weighted by Gasteiger charge is -2.10. The summed E-state index contributed by atoms with van der Waals surface area (Å²) in [6, 6.07) is 0. The second kappa shape index (κ2) is 11.9. The fourth-order valence-electron chi connectivity index (χ4n) is 2.06. The topological polar surface area (TPSA) is 26.3 Å². The molecule has 2 heteroatoms. The molecule has 2 nitrogen and oxygen atoms in total. The van der Waals surface area contributed by atoms with Gasteiger partial charge in [0.2, 0.25) is 0 Å². The summed E-state index contributed by atoms with van der Waals surface area (Å²) in [6.45, 7) is 6.76. The summed E-state index contributed by atoms with van der Waals surface area (Å²) in [6.07, 6.45) is 11.1. The van der Waals surface area contributed by atoms with Crippen LogP contribution in [0.1, 0.15) is 78.6 Å². The summed E-state index contributed by atoms with van der Waals surface area (Å²) in [7, 11) is 0. The van der Waals surface area contributed by atoms with Crippen molar-refractivity contribution in [2.24, 2.45) is 5.92 Å². The van der Waals surface area contributed by atoms with E-state index in [1.165, 1.54) is 44.9 Å². The molecule has 1 unspecified atom stereocenters. The SMILES string of the molecule is CCCCCCCCCC(C)CC(=O)OCC. The van der Waals surface area contributed by atoms with E-state index in [2.05, 4.69) is 13.8 Å². The molecule has 0 aliphatic rings. The van der Waals surface area contributed by atoms with E-state index < -0.39 is 0 Å². The highest BCUT2D eigenvalue weighted by Gasteiger charge is 2.09. The molecule has 0 aromatic rings. The van der Waals surface area contributed by atoms with E-state index in [0.717, 1.165) is 6.42 Å². The van der Waals surface area contributed by atoms with Gasteiger partial charge in [0.25, 0.3) is 0 Å². The van der Waals surface area contributed by atoms with Crippen molar-refractivity contribution >= 4 is 5.97 Å². The minimum atomic E-state index is -0.0389. The van der Waals surface area contributed by atoms with Crippen LogP contribution in [-0.2, 0) is 9.53 Å². The zero-order valence-corrected chi connectivity index (χ0v) is 12.0. The average molecular weight is 242 g/mol. The number of hydrogen-bond acceptors (Lipinski definition) is 2. The highest BCUT2D eigenvalue weighted by atomic mass is 16.5. The second-order valence-corrected chi connectivity index (χ2v) is 5.02. The smallest absolute Gasteiger partial charge is 0.306 e. The quantitative estimate of drug-likeness (QED) is 0.387. The van der Waals surface area contributed by atoms with E-state index in [1.54, 1.807) is 0 Å². The maximum Gasteiger partial charge on any atom is 0.306 e. The Kier molecular flexibility index (Phi) is 11.6. The number of esters is 1. The molecule has 17 heavy (non-hydrogen) atoms. The minimum Gasteiger partial charge on any atom is -0.466 e. The Bertz CT molecular complexity index is 178. The van der Waals surface area contributed by atoms with Gasteiger partial charge in [-0.2, -0.15) is 0 Å².